The molecule has 0 radical (unpaired) electrons. The molecule has 0 bridgehead atoms. The highest BCUT2D eigenvalue weighted by atomic mass is 35.5. The van der Waals surface area contributed by atoms with Crippen molar-refractivity contribution in [2.45, 2.75) is 11.8 Å². The van der Waals surface area contributed by atoms with Crippen LogP contribution < -0.4 is 5.73 Å². The molecule has 0 aliphatic carbocycles. The van der Waals surface area contributed by atoms with E-state index in [1.807, 2.05) is 48.5 Å². The Morgan fingerprint density at radius 2 is 1.46 bits per heavy atom. The zero-order valence-electron chi connectivity index (χ0n) is 21.5. The van der Waals surface area contributed by atoms with Gasteiger partial charge in [0.15, 0.2) is 0 Å². The third-order valence-corrected chi connectivity index (χ3v) is 6.53. The first kappa shape index (κ1) is 30.7. The zero-order valence-corrected chi connectivity index (χ0v) is 23.0. The monoisotopic (exact) mass is 593 g/mol. The average molecular weight is 594 g/mol. The number of nitrogens with two attached hydrogens (primary N) is 1. The molecule has 5 N–H and O–H groups in total. The number of rotatable bonds is 4. The van der Waals surface area contributed by atoms with Gasteiger partial charge in [0, 0.05) is 29.0 Å². The first-order valence-corrected chi connectivity index (χ1v) is 13.5. The summed E-state index contributed by atoms with van der Waals surface area (Å²) in [6.45, 7) is 1.70. The van der Waals surface area contributed by atoms with Crippen molar-refractivity contribution in [3.8, 4) is 11.3 Å². The molecule has 0 aliphatic heterocycles. The smallest absolute Gasteiger partial charge is 0.337 e. The number of nitrogen functional groups attached to an aromatic ring is 1. The molecule has 0 saturated heterocycles. The van der Waals surface area contributed by atoms with E-state index >= 15 is 0 Å². The summed E-state index contributed by atoms with van der Waals surface area (Å²) in [5.74, 6) is -2.00. The first-order valence-electron chi connectivity index (χ1n) is 11.7. The highest BCUT2D eigenvalue weighted by Crippen LogP contribution is 2.24. The third-order valence-electron chi connectivity index (χ3n) is 5.38. The van der Waals surface area contributed by atoms with Gasteiger partial charge in [0.05, 0.1) is 27.4 Å². The van der Waals surface area contributed by atoms with Crippen molar-refractivity contribution in [1.82, 2.24) is 9.97 Å². The third kappa shape index (κ3) is 8.57. The maximum Gasteiger partial charge on any atom is 0.337 e. The van der Waals surface area contributed by atoms with E-state index in [9.17, 15) is 23.1 Å². The molecule has 0 saturated carbocycles. The molecule has 12 heteroatoms. The fourth-order valence-electron chi connectivity index (χ4n) is 3.48. The number of aromatic carboxylic acids is 2. The number of carboxylic acids is 2. The number of anilines is 1. The molecule has 210 valence electrons. The van der Waals surface area contributed by atoms with E-state index in [4.69, 9.17) is 27.0 Å². The van der Waals surface area contributed by atoms with Crippen molar-refractivity contribution < 1.29 is 32.8 Å². The van der Waals surface area contributed by atoms with Crippen LogP contribution in [0.25, 0.3) is 22.2 Å². The van der Waals surface area contributed by atoms with Crippen molar-refractivity contribution >= 4 is 50.2 Å². The van der Waals surface area contributed by atoms with E-state index in [1.54, 1.807) is 25.1 Å². The zero-order chi connectivity index (χ0) is 30.2. The number of pyridine rings is 2. The molecule has 0 amide bonds. The Labute approximate surface area is 240 Å². The molecule has 2 aromatic heterocycles. The molecule has 0 unspecified atom stereocenters. The number of halogens is 1. The lowest BCUT2D eigenvalue weighted by atomic mass is 10.0. The van der Waals surface area contributed by atoms with Crippen molar-refractivity contribution in [3.63, 3.8) is 0 Å². The fourth-order valence-corrected chi connectivity index (χ4v) is 4.21. The molecule has 5 rings (SSSR count). The van der Waals surface area contributed by atoms with Crippen molar-refractivity contribution in [1.29, 1.82) is 0 Å². The minimum absolute atomic E-state index is 0.0340. The van der Waals surface area contributed by atoms with Gasteiger partial charge in [0.2, 0.25) is 0 Å². The van der Waals surface area contributed by atoms with Crippen LogP contribution in [0, 0.1) is 6.92 Å². The molecule has 2 heterocycles. The number of carboxylic acid groups (broad SMARTS) is 2. The van der Waals surface area contributed by atoms with Gasteiger partial charge in [-0.25, -0.2) is 14.6 Å². The Kier molecular flexibility index (Phi) is 10.1. The second-order valence-corrected chi connectivity index (χ2v) is 10.3. The van der Waals surface area contributed by atoms with Crippen molar-refractivity contribution in [3.05, 3.63) is 119 Å². The van der Waals surface area contributed by atoms with Crippen LogP contribution in [-0.2, 0) is 10.1 Å². The molecule has 0 atom stereocenters. The number of fused-ring (bicyclic) bond motifs is 1. The molecule has 0 fully saturated rings. The van der Waals surface area contributed by atoms with Gasteiger partial charge in [-0.2, -0.15) is 8.42 Å². The Morgan fingerprint density at radius 3 is 2.02 bits per heavy atom. The van der Waals surface area contributed by atoms with Gasteiger partial charge in [-0.05, 0) is 48.9 Å². The molecule has 0 spiro atoms. The van der Waals surface area contributed by atoms with Crippen LogP contribution >= 0.6 is 11.6 Å². The van der Waals surface area contributed by atoms with E-state index in [0.717, 1.165) is 11.8 Å². The van der Waals surface area contributed by atoms with Gasteiger partial charge in [0.1, 0.15) is 4.90 Å². The molecule has 0 aliphatic rings. The van der Waals surface area contributed by atoms with E-state index < -0.39 is 22.1 Å². The summed E-state index contributed by atoms with van der Waals surface area (Å²) in [5, 5.41) is 18.7. The van der Waals surface area contributed by atoms with Crippen LogP contribution in [-0.4, -0.2) is 45.1 Å². The van der Waals surface area contributed by atoms with Crippen molar-refractivity contribution in [2.24, 2.45) is 0 Å². The highest BCUT2D eigenvalue weighted by molar-refractivity contribution is 7.85. The fraction of sp³-hybridized carbons (Fsp3) is 0.0345. The predicted octanol–water partition coefficient (Wildman–Crippen LogP) is 5.86. The SMILES string of the molecule is Cc1cncc(S(=O)(=O)O)c1.Nc1ccc(Cl)c(C(=O)O)c1.O=C(O)c1cc(-c2ccccc2)nc2ccccc12. The predicted molar refractivity (Wildman–Crippen MR) is 156 cm³/mol. The molecule has 5 aromatic rings. The summed E-state index contributed by atoms with van der Waals surface area (Å²) in [7, 11) is -4.09. The van der Waals surface area contributed by atoms with E-state index in [0.29, 0.717) is 27.8 Å². The Bertz CT molecular complexity index is 1810. The number of aromatic nitrogens is 2. The minimum Gasteiger partial charge on any atom is -0.478 e. The summed E-state index contributed by atoms with van der Waals surface area (Å²) in [6, 6.07) is 24.2. The lowest BCUT2D eigenvalue weighted by Gasteiger charge is -2.06. The van der Waals surface area contributed by atoms with Gasteiger partial charge in [-0.1, -0.05) is 60.1 Å². The van der Waals surface area contributed by atoms with Crippen molar-refractivity contribution in [2.75, 3.05) is 5.73 Å². The van der Waals surface area contributed by atoms with Crippen LogP contribution in [0.4, 0.5) is 5.69 Å². The molecular formula is C29H24ClN3O7S. The number of hydrogen-bond donors (Lipinski definition) is 4. The summed E-state index contributed by atoms with van der Waals surface area (Å²) < 4.78 is 29.5. The minimum atomic E-state index is -4.09. The number of carbonyl (C=O) groups is 2. The normalized spacial score (nSPS) is 10.5. The van der Waals surface area contributed by atoms with Crippen LogP contribution in [0.5, 0.6) is 0 Å². The van der Waals surface area contributed by atoms with E-state index in [2.05, 4.69) is 9.97 Å². The quantitative estimate of drug-likeness (QED) is 0.145. The second kappa shape index (κ2) is 13.5. The number of benzene rings is 3. The Hall–Kier alpha value is -4.84. The number of aryl methyl sites for hydroxylation is 1. The summed E-state index contributed by atoms with van der Waals surface area (Å²) in [6.07, 6.45) is 2.61. The summed E-state index contributed by atoms with van der Waals surface area (Å²) in [4.78, 5) is 29.8. The number of nitrogens with zero attached hydrogens (tertiary/aromatic N) is 2. The second-order valence-electron chi connectivity index (χ2n) is 8.46. The standard InChI is InChI=1S/C16H11NO2.C7H6ClNO2.C6H7NO3S/c18-16(19)13-10-15(11-6-2-1-3-7-11)17-14-9-5-4-8-12(13)14;8-6-2-1-4(9)3-5(6)7(10)11;1-5-2-6(4-7-3-5)11(8,9)10/h1-10H,(H,18,19);1-3H,9H2,(H,10,11);2-4H,1H3,(H,8,9,10). The van der Waals surface area contributed by atoms with Crippen LogP contribution in [0.15, 0.2) is 102 Å². The largest absolute Gasteiger partial charge is 0.478 e. The molecule has 10 nitrogen and oxygen atoms in total. The maximum absolute atomic E-state index is 11.4. The van der Waals surface area contributed by atoms with Crippen LogP contribution in [0.1, 0.15) is 26.3 Å². The first-order chi connectivity index (χ1) is 19.4. The molecule has 41 heavy (non-hydrogen) atoms. The van der Waals surface area contributed by atoms with Gasteiger partial charge in [0.25, 0.3) is 10.1 Å². The topological polar surface area (TPSA) is 181 Å². The van der Waals surface area contributed by atoms with E-state index in [-0.39, 0.29) is 21.0 Å². The molecule has 3 aromatic carbocycles. The van der Waals surface area contributed by atoms with Gasteiger partial charge in [-0.15, -0.1) is 0 Å². The number of para-hydroxylation sites is 1. The Balaban J connectivity index is 0.000000181. The number of hydrogen-bond acceptors (Lipinski definition) is 7. The maximum atomic E-state index is 11.4. The van der Waals surface area contributed by atoms with Gasteiger partial charge < -0.3 is 15.9 Å². The van der Waals surface area contributed by atoms with Gasteiger partial charge >= 0.3 is 11.9 Å². The van der Waals surface area contributed by atoms with E-state index in [1.165, 1.54) is 24.4 Å². The lowest BCUT2D eigenvalue weighted by Crippen LogP contribution is -2.00. The van der Waals surface area contributed by atoms with Crippen LogP contribution in [0.2, 0.25) is 5.02 Å². The van der Waals surface area contributed by atoms with Crippen LogP contribution in [0.3, 0.4) is 0 Å². The molecular weight excluding hydrogens is 570 g/mol. The Morgan fingerprint density at radius 1 is 0.829 bits per heavy atom. The van der Waals surface area contributed by atoms with Gasteiger partial charge in [-0.3, -0.25) is 9.54 Å². The summed E-state index contributed by atoms with van der Waals surface area (Å²) >= 11 is 5.55. The summed E-state index contributed by atoms with van der Waals surface area (Å²) in [5.41, 5.74) is 9.03. The lowest BCUT2D eigenvalue weighted by molar-refractivity contribution is 0.0687. The highest BCUT2D eigenvalue weighted by Gasteiger charge is 2.12. The average Bonchev–Trinajstić information content (AvgIpc) is 2.94.